The van der Waals surface area contributed by atoms with Crippen molar-refractivity contribution in [3.63, 3.8) is 0 Å². The average molecular weight is 311 g/mol. The first-order valence-corrected chi connectivity index (χ1v) is 7.79. The number of aromatic nitrogens is 2. The molecule has 8 heteroatoms. The molecule has 0 saturated carbocycles. The zero-order valence-electron chi connectivity index (χ0n) is 11.6. The van der Waals surface area contributed by atoms with Gasteiger partial charge in [-0.25, -0.2) is 13.1 Å². The van der Waals surface area contributed by atoms with Crippen LogP contribution in [-0.4, -0.2) is 37.0 Å². The standard InChI is InChI=1S/C13H17N3O4S/c1-20-12-4-2-3-11(7-12)8-15-21(18,19)13-9-14-16(10-13)5-6-17/h2-4,7,9-10,15,17H,5-6,8H2,1H3. The topological polar surface area (TPSA) is 93.5 Å². The monoisotopic (exact) mass is 311 g/mol. The van der Waals surface area contributed by atoms with E-state index in [1.165, 1.54) is 17.1 Å². The van der Waals surface area contributed by atoms with Crippen molar-refractivity contribution in [1.29, 1.82) is 0 Å². The Kier molecular flexibility index (Phi) is 4.94. The highest BCUT2D eigenvalue weighted by molar-refractivity contribution is 7.89. The molecule has 2 aromatic rings. The van der Waals surface area contributed by atoms with Crippen molar-refractivity contribution in [2.75, 3.05) is 13.7 Å². The van der Waals surface area contributed by atoms with Crippen molar-refractivity contribution >= 4 is 10.0 Å². The second-order valence-electron chi connectivity index (χ2n) is 4.34. The van der Waals surface area contributed by atoms with Gasteiger partial charge in [0.2, 0.25) is 10.0 Å². The van der Waals surface area contributed by atoms with Crippen molar-refractivity contribution in [3.05, 3.63) is 42.2 Å². The van der Waals surface area contributed by atoms with Gasteiger partial charge in [-0.05, 0) is 17.7 Å². The third-order valence-electron chi connectivity index (χ3n) is 2.85. The molecule has 0 spiro atoms. The molecule has 0 unspecified atom stereocenters. The lowest BCUT2D eigenvalue weighted by atomic mass is 10.2. The van der Waals surface area contributed by atoms with Gasteiger partial charge in [0.05, 0.1) is 26.5 Å². The number of ether oxygens (including phenoxy) is 1. The molecule has 21 heavy (non-hydrogen) atoms. The maximum Gasteiger partial charge on any atom is 0.243 e. The molecule has 0 amide bonds. The highest BCUT2D eigenvalue weighted by atomic mass is 32.2. The summed E-state index contributed by atoms with van der Waals surface area (Å²) in [6.45, 7) is 0.314. The van der Waals surface area contributed by atoms with Crippen LogP contribution in [-0.2, 0) is 23.1 Å². The van der Waals surface area contributed by atoms with Crippen molar-refractivity contribution in [1.82, 2.24) is 14.5 Å². The normalized spacial score (nSPS) is 11.5. The van der Waals surface area contributed by atoms with Crippen LogP contribution in [0.3, 0.4) is 0 Å². The van der Waals surface area contributed by atoms with Gasteiger partial charge < -0.3 is 9.84 Å². The fourth-order valence-electron chi connectivity index (χ4n) is 1.75. The Labute approximate surface area is 123 Å². The second kappa shape index (κ2) is 6.70. The Balaban J connectivity index is 2.06. The number of benzene rings is 1. The molecule has 0 saturated heterocycles. The molecule has 0 aliphatic carbocycles. The van der Waals surface area contributed by atoms with E-state index in [1.807, 2.05) is 0 Å². The maximum atomic E-state index is 12.1. The molecule has 0 bridgehead atoms. The van der Waals surface area contributed by atoms with Crippen LogP contribution in [0.25, 0.3) is 0 Å². The number of aliphatic hydroxyl groups is 1. The van der Waals surface area contributed by atoms with Crippen LogP contribution in [0.1, 0.15) is 5.56 Å². The van der Waals surface area contributed by atoms with Gasteiger partial charge in [-0.3, -0.25) is 4.68 Å². The molecule has 2 N–H and O–H groups in total. The number of sulfonamides is 1. The van der Waals surface area contributed by atoms with Crippen LogP contribution in [0.5, 0.6) is 5.75 Å². The van der Waals surface area contributed by atoms with Gasteiger partial charge in [-0.15, -0.1) is 0 Å². The molecule has 2 rings (SSSR count). The van der Waals surface area contributed by atoms with E-state index in [4.69, 9.17) is 9.84 Å². The minimum absolute atomic E-state index is 0.0684. The lowest BCUT2D eigenvalue weighted by Crippen LogP contribution is -2.22. The van der Waals surface area contributed by atoms with Gasteiger partial charge in [0.15, 0.2) is 0 Å². The first-order chi connectivity index (χ1) is 10.0. The predicted molar refractivity (Wildman–Crippen MR) is 76.3 cm³/mol. The Bertz CT molecular complexity index is 697. The molecule has 114 valence electrons. The van der Waals surface area contributed by atoms with E-state index in [0.717, 1.165) is 5.56 Å². The summed E-state index contributed by atoms with van der Waals surface area (Å²) in [5, 5.41) is 12.7. The quantitative estimate of drug-likeness (QED) is 0.770. The minimum atomic E-state index is -3.63. The second-order valence-corrected chi connectivity index (χ2v) is 6.11. The Morgan fingerprint density at radius 1 is 1.43 bits per heavy atom. The molecule has 0 fully saturated rings. The first kappa shape index (κ1) is 15.5. The molecule has 0 atom stereocenters. The highest BCUT2D eigenvalue weighted by Crippen LogP contribution is 2.13. The number of hydrogen-bond acceptors (Lipinski definition) is 5. The van der Waals surface area contributed by atoms with Crippen LogP contribution in [0, 0.1) is 0 Å². The van der Waals surface area contributed by atoms with Gasteiger partial charge in [0.25, 0.3) is 0 Å². The number of rotatable bonds is 7. The Morgan fingerprint density at radius 2 is 2.24 bits per heavy atom. The van der Waals surface area contributed by atoms with Gasteiger partial charge in [0, 0.05) is 12.7 Å². The molecule has 7 nitrogen and oxygen atoms in total. The van der Waals surface area contributed by atoms with Crippen LogP contribution in [0.4, 0.5) is 0 Å². The van der Waals surface area contributed by atoms with Crippen LogP contribution >= 0.6 is 0 Å². The van der Waals surface area contributed by atoms with E-state index in [0.29, 0.717) is 5.75 Å². The van der Waals surface area contributed by atoms with E-state index in [2.05, 4.69) is 9.82 Å². The van der Waals surface area contributed by atoms with Crippen molar-refractivity contribution in [2.24, 2.45) is 0 Å². The molecule has 0 aliphatic heterocycles. The van der Waals surface area contributed by atoms with Crippen molar-refractivity contribution in [2.45, 2.75) is 18.0 Å². The summed E-state index contributed by atoms with van der Waals surface area (Å²) in [7, 11) is -2.08. The number of hydrogen-bond donors (Lipinski definition) is 2. The first-order valence-electron chi connectivity index (χ1n) is 6.31. The SMILES string of the molecule is COc1cccc(CNS(=O)(=O)c2cnn(CCO)c2)c1. The molecule has 1 heterocycles. The zero-order valence-corrected chi connectivity index (χ0v) is 12.4. The smallest absolute Gasteiger partial charge is 0.243 e. The van der Waals surface area contributed by atoms with Gasteiger partial charge in [0.1, 0.15) is 10.6 Å². The highest BCUT2D eigenvalue weighted by Gasteiger charge is 2.16. The molecule has 0 aliphatic rings. The average Bonchev–Trinajstić information content (AvgIpc) is 2.95. The number of methoxy groups -OCH3 is 1. The summed E-state index contributed by atoms with van der Waals surface area (Å²) in [6.07, 6.45) is 2.63. The lowest BCUT2D eigenvalue weighted by molar-refractivity contribution is 0.269. The van der Waals surface area contributed by atoms with E-state index >= 15 is 0 Å². The van der Waals surface area contributed by atoms with E-state index in [9.17, 15) is 8.42 Å². The minimum Gasteiger partial charge on any atom is -0.497 e. The number of aliphatic hydroxyl groups excluding tert-OH is 1. The summed E-state index contributed by atoms with van der Waals surface area (Å²) in [6, 6.07) is 7.15. The van der Waals surface area contributed by atoms with Gasteiger partial charge in [-0.2, -0.15) is 5.10 Å². The van der Waals surface area contributed by atoms with E-state index in [-0.39, 0.29) is 24.6 Å². The lowest BCUT2D eigenvalue weighted by Gasteiger charge is -2.06. The molecular weight excluding hydrogens is 294 g/mol. The van der Waals surface area contributed by atoms with Crippen molar-refractivity contribution in [3.8, 4) is 5.75 Å². The fourth-order valence-corrected chi connectivity index (χ4v) is 2.72. The predicted octanol–water partition coefficient (Wildman–Crippen LogP) is 0.362. The largest absolute Gasteiger partial charge is 0.497 e. The summed E-state index contributed by atoms with van der Waals surface area (Å²) < 4.78 is 33.2. The number of nitrogens with one attached hydrogen (secondary N) is 1. The molecule has 1 aromatic carbocycles. The summed E-state index contributed by atoms with van der Waals surface area (Å²) in [5.74, 6) is 0.669. The molecular formula is C13H17N3O4S. The zero-order chi connectivity index (χ0) is 15.3. The summed E-state index contributed by atoms with van der Waals surface area (Å²) >= 11 is 0. The van der Waals surface area contributed by atoms with Crippen molar-refractivity contribution < 1.29 is 18.3 Å². The van der Waals surface area contributed by atoms with E-state index < -0.39 is 10.0 Å². The fraction of sp³-hybridized carbons (Fsp3) is 0.308. The van der Waals surface area contributed by atoms with Gasteiger partial charge in [-0.1, -0.05) is 12.1 Å². The summed E-state index contributed by atoms with van der Waals surface area (Å²) in [4.78, 5) is 0.0684. The Hall–Kier alpha value is -1.90. The maximum absolute atomic E-state index is 12.1. The summed E-state index contributed by atoms with van der Waals surface area (Å²) in [5.41, 5.74) is 0.792. The van der Waals surface area contributed by atoms with Crippen LogP contribution in [0.15, 0.2) is 41.6 Å². The Morgan fingerprint density at radius 3 is 2.95 bits per heavy atom. The molecule has 1 aromatic heterocycles. The van der Waals surface area contributed by atoms with E-state index in [1.54, 1.807) is 31.4 Å². The van der Waals surface area contributed by atoms with Crippen LogP contribution < -0.4 is 9.46 Å². The van der Waals surface area contributed by atoms with Crippen LogP contribution in [0.2, 0.25) is 0 Å². The third kappa shape index (κ3) is 4.03. The molecule has 0 radical (unpaired) electrons. The number of nitrogens with zero attached hydrogens (tertiary/aromatic N) is 2. The third-order valence-corrected chi connectivity index (χ3v) is 4.21. The van der Waals surface area contributed by atoms with Gasteiger partial charge >= 0.3 is 0 Å².